The summed E-state index contributed by atoms with van der Waals surface area (Å²) in [6.07, 6.45) is -1.01. The van der Waals surface area contributed by atoms with E-state index < -0.39 is 17.4 Å². The van der Waals surface area contributed by atoms with Crippen molar-refractivity contribution in [3.05, 3.63) is 34.9 Å². The number of pyridine rings is 1. The summed E-state index contributed by atoms with van der Waals surface area (Å²) in [6.45, 7) is 5.53. The van der Waals surface area contributed by atoms with Crippen molar-refractivity contribution in [1.29, 1.82) is 0 Å². The maximum atomic E-state index is 13.8. The lowest BCUT2D eigenvalue weighted by atomic mass is 10.0. The Bertz CT molecular complexity index is 756. The highest BCUT2D eigenvalue weighted by atomic mass is 19.1. The maximum absolute atomic E-state index is 13.8. The van der Waals surface area contributed by atoms with Crippen molar-refractivity contribution in [3.8, 4) is 0 Å². The molecule has 2 aromatic heterocycles. The fraction of sp³-hybridized carbons (Fsp3) is 0.357. The van der Waals surface area contributed by atoms with Gasteiger partial charge in [0, 0.05) is 11.3 Å². The van der Waals surface area contributed by atoms with E-state index >= 15 is 0 Å². The van der Waals surface area contributed by atoms with E-state index in [-0.39, 0.29) is 12.4 Å². The number of hydrogen-bond acceptors (Lipinski definition) is 4. The van der Waals surface area contributed by atoms with E-state index in [1.165, 1.54) is 11.0 Å². The second-order valence-corrected chi connectivity index (χ2v) is 5.76. The summed E-state index contributed by atoms with van der Waals surface area (Å²) < 4.78 is 13.8. The number of carboxylic acid groups (broad SMARTS) is 1. The highest BCUT2D eigenvalue weighted by Gasteiger charge is 2.43. The lowest BCUT2D eigenvalue weighted by Crippen LogP contribution is -2.39. The van der Waals surface area contributed by atoms with Crippen LogP contribution in [0.4, 0.5) is 20.8 Å². The van der Waals surface area contributed by atoms with Crippen LogP contribution < -0.4 is 5.32 Å². The highest BCUT2D eigenvalue weighted by Crippen LogP contribution is 2.40. The van der Waals surface area contributed by atoms with Crippen LogP contribution in [0.25, 0.3) is 0 Å². The number of aromatic amines is 1. The van der Waals surface area contributed by atoms with E-state index in [4.69, 9.17) is 0 Å². The number of H-pyrrole nitrogens is 1. The van der Waals surface area contributed by atoms with E-state index in [1.807, 2.05) is 0 Å². The van der Waals surface area contributed by atoms with Gasteiger partial charge in [-0.25, -0.2) is 14.2 Å². The van der Waals surface area contributed by atoms with Gasteiger partial charge in [-0.05, 0) is 32.9 Å². The Morgan fingerprint density at radius 3 is 2.86 bits per heavy atom. The quantitative estimate of drug-likeness (QED) is 0.793. The van der Waals surface area contributed by atoms with Crippen LogP contribution in [0.1, 0.15) is 30.8 Å². The number of carbonyl (C=O) groups is 1. The number of fused-ring (bicyclic) bond motifs is 1. The first-order chi connectivity index (χ1) is 10.3. The van der Waals surface area contributed by atoms with Gasteiger partial charge in [0.25, 0.3) is 0 Å². The smallest absolute Gasteiger partial charge is 0.408 e. The van der Waals surface area contributed by atoms with Gasteiger partial charge in [0.15, 0.2) is 17.5 Å². The van der Waals surface area contributed by atoms with Crippen LogP contribution in [0.15, 0.2) is 12.1 Å². The molecule has 0 bridgehead atoms. The van der Waals surface area contributed by atoms with Gasteiger partial charge in [-0.1, -0.05) is 0 Å². The van der Waals surface area contributed by atoms with Crippen LogP contribution in [0.3, 0.4) is 0 Å². The zero-order valence-electron chi connectivity index (χ0n) is 12.4. The SMILES string of the molecule is Cc1ccc(F)c(Nc2n[nH]c3c2CN(C(=O)O)C3(C)C)n1. The van der Waals surface area contributed by atoms with Crippen molar-refractivity contribution in [2.45, 2.75) is 32.9 Å². The first-order valence-electron chi connectivity index (χ1n) is 6.79. The Morgan fingerprint density at radius 2 is 2.18 bits per heavy atom. The van der Waals surface area contributed by atoms with E-state index in [2.05, 4.69) is 20.5 Å². The molecule has 22 heavy (non-hydrogen) atoms. The Kier molecular flexibility index (Phi) is 3.05. The number of aromatic nitrogens is 3. The summed E-state index contributed by atoms with van der Waals surface area (Å²) in [5.41, 5.74) is 1.36. The standard InChI is InChI=1S/C14H16FN5O2/c1-7-4-5-9(15)12(16-7)17-11-8-6-20(13(21)22)14(2,3)10(8)18-19-11/h4-5H,6H2,1-3H3,(H,21,22)(H2,16,17,18,19). The lowest BCUT2D eigenvalue weighted by Gasteiger charge is -2.28. The number of nitrogens with zero attached hydrogens (tertiary/aromatic N) is 3. The van der Waals surface area contributed by atoms with Gasteiger partial charge in [0.05, 0.1) is 17.8 Å². The van der Waals surface area contributed by atoms with E-state index in [9.17, 15) is 14.3 Å². The molecule has 0 unspecified atom stereocenters. The molecule has 1 amide bonds. The molecule has 7 nitrogen and oxygen atoms in total. The van der Waals surface area contributed by atoms with Crippen LogP contribution in [0.2, 0.25) is 0 Å². The average Bonchev–Trinajstić information content (AvgIpc) is 2.94. The van der Waals surface area contributed by atoms with Gasteiger partial charge >= 0.3 is 6.09 Å². The molecule has 0 radical (unpaired) electrons. The van der Waals surface area contributed by atoms with Crippen LogP contribution in [-0.4, -0.2) is 31.3 Å². The third-order valence-electron chi connectivity index (χ3n) is 3.92. The molecule has 116 valence electrons. The van der Waals surface area contributed by atoms with E-state index in [0.29, 0.717) is 22.8 Å². The van der Waals surface area contributed by atoms with Crippen molar-refractivity contribution >= 4 is 17.7 Å². The van der Waals surface area contributed by atoms with Crippen molar-refractivity contribution in [2.24, 2.45) is 0 Å². The second kappa shape index (κ2) is 4.69. The molecule has 0 saturated carbocycles. The average molecular weight is 305 g/mol. The predicted octanol–water partition coefficient (Wildman–Crippen LogP) is 2.72. The third kappa shape index (κ3) is 2.07. The van der Waals surface area contributed by atoms with E-state index in [0.717, 1.165) is 0 Å². The molecule has 1 aliphatic heterocycles. The minimum absolute atomic E-state index is 0.0703. The number of halogens is 1. The van der Waals surface area contributed by atoms with Gasteiger partial charge in [-0.3, -0.25) is 10.00 Å². The summed E-state index contributed by atoms with van der Waals surface area (Å²) in [5.74, 6) is -0.0283. The monoisotopic (exact) mass is 305 g/mol. The molecule has 3 rings (SSSR count). The molecule has 1 aliphatic rings. The number of aryl methyl sites for hydroxylation is 1. The zero-order valence-corrected chi connectivity index (χ0v) is 12.4. The molecule has 0 aromatic carbocycles. The lowest BCUT2D eigenvalue weighted by molar-refractivity contribution is 0.0978. The normalized spacial score (nSPS) is 15.7. The van der Waals surface area contributed by atoms with Gasteiger partial charge in [0.1, 0.15) is 0 Å². The van der Waals surface area contributed by atoms with Crippen LogP contribution in [0, 0.1) is 12.7 Å². The van der Waals surface area contributed by atoms with Crippen molar-refractivity contribution in [2.75, 3.05) is 5.32 Å². The predicted molar refractivity (Wildman–Crippen MR) is 77.4 cm³/mol. The number of amides is 1. The fourth-order valence-electron chi connectivity index (χ4n) is 2.67. The molecule has 3 heterocycles. The molecule has 2 aromatic rings. The minimum atomic E-state index is -1.01. The van der Waals surface area contributed by atoms with Gasteiger partial charge in [0.2, 0.25) is 0 Å². The first-order valence-corrected chi connectivity index (χ1v) is 6.79. The molecule has 0 atom stereocenters. The minimum Gasteiger partial charge on any atom is -0.465 e. The topological polar surface area (TPSA) is 94.1 Å². The molecule has 8 heteroatoms. The zero-order chi connectivity index (χ0) is 16.1. The van der Waals surface area contributed by atoms with Crippen LogP contribution in [-0.2, 0) is 12.1 Å². The Balaban J connectivity index is 1.97. The van der Waals surface area contributed by atoms with Crippen LogP contribution in [0.5, 0.6) is 0 Å². The fourth-order valence-corrected chi connectivity index (χ4v) is 2.67. The number of rotatable bonds is 2. The number of hydrogen-bond donors (Lipinski definition) is 3. The third-order valence-corrected chi connectivity index (χ3v) is 3.92. The van der Waals surface area contributed by atoms with Crippen molar-refractivity contribution in [3.63, 3.8) is 0 Å². The number of anilines is 2. The molecule has 0 saturated heterocycles. The van der Waals surface area contributed by atoms with E-state index in [1.54, 1.807) is 26.8 Å². The summed E-state index contributed by atoms with van der Waals surface area (Å²) in [5, 5.41) is 19.1. The van der Waals surface area contributed by atoms with Gasteiger partial charge in [-0.2, -0.15) is 5.10 Å². The molecule has 0 fully saturated rings. The Hall–Kier alpha value is -2.64. The Morgan fingerprint density at radius 1 is 1.45 bits per heavy atom. The van der Waals surface area contributed by atoms with Gasteiger partial charge < -0.3 is 10.4 Å². The first kappa shape index (κ1) is 14.3. The van der Waals surface area contributed by atoms with Crippen LogP contribution >= 0.6 is 0 Å². The summed E-state index contributed by atoms with van der Waals surface area (Å²) in [4.78, 5) is 16.8. The van der Waals surface area contributed by atoms with Crippen molar-refractivity contribution in [1.82, 2.24) is 20.1 Å². The summed E-state index contributed by atoms with van der Waals surface area (Å²) in [7, 11) is 0. The summed E-state index contributed by atoms with van der Waals surface area (Å²) in [6, 6.07) is 2.90. The Labute approximate surface area is 126 Å². The summed E-state index contributed by atoms with van der Waals surface area (Å²) >= 11 is 0. The maximum Gasteiger partial charge on any atom is 0.408 e. The second-order valence-electron chi connectivity index (χ2n) is 5.76. The highest BCUT2D eigenvalue weighted by molar-refractivity contribution is 5.70. The largest absolute Gasteiger partial charge is 0.465 e. The molecule has 0 spiro atoms. The molecular formula is C14H16FN5O2. The van der Waals surface area contributed by atoms with Gasteiger partial charge in [-0.15, -0.1) is 0 Å². The van der Waals surface area contributed by atoms with Crippen molar-refractivity contribution < 1.29 is 14.3 Å². The molecule has 3 N–H and O–H groups in total. The molecular weight excluding hydrogens is 289 g/mol. The molecule has 0 aliphatic carbocycles. The number of nitrogens with one attached hydrogen (secondary N) is 2.